The van der Waals surface area contributed by atoms with Crippen molar-refractivity contribution in [1.29, 1.82) is 0 Å². The van der Waals surface area contributed by atoms with Gasteiger partial charge in [-0.05, 0) is 24.3 Å². The van der Waals surface area contributed by atoms with Crippen LogP contribution in [0.15, 0.2) is 30.3 Å². The quantitative estimate of drug-likeness (QED) is 0.800. The van der Waals surface area contributed by atoms with E-state index in [1.807, 2.05) is 30.3 Å². The SMILES string of the molecule is COC(=O)CC[C@@H]1C[C@H](C(=O)O)N(C(=O)OCc2ccccc2)C1. The highest BCUT2D eigenvalue weighted by Crippen LogP contribution is 2.28. The number of ether oxygens (including phenoxy) is 2. The van der Waals surface area contributed by atoms with E-state index in [-0.39, 0.29) is 31.5 Å². The molecule has 2 rings (SSSR count). The van der Waals surface area contributed by atoms with Gasteiger partial charge in [0.15, 0.2) is 0 Å². The van der Waals surface area contributed by atoms with Crippen molar-refractivity contribution in [3.63, 3.8) is 0 Å². The predicted octanol–water partition coefficient (Wildman–Crippen LogP) is 2.05. The molecule has 1 heterocycles. The fourth-order valence-corrected chi connectivity index (χ4v) is 2.79. The lowest BCUT2D eigenvalue weighted by molar-refractivity contribution is -0.142. The average molecular weight is 335 g/mol. The van der Waals surface area contributed by atoms with E-state index < -0.39 is 18.1 Å². The van der Waals surface area contributed by atoms with Crippen LogP contribution in [-0.4, -0.2) is 47.7 Å². The molecule has 1 saturated heterocycles. The number of hydrogen-bond donors (Lipinski definition) is 1. The number of nitrogens with zero attached hydrogens (tertiary/aromatic N) is 1. The van der Waals surface area contributed by atoms with Crippen LogP contribution in [0.3, 0.4) is 0 Å². The zero-order valence-corrected chi connectivity index (χ0v) is 13.5. The molecular weight excluding hydrogens is 314 g/mol. The number of amides is 1. The Morgan fingerprint density at radius 1 is 1.25 bits per heavy atom. The molecule has 1 aliphatic rings. The molecule has 0 saturated carbocycles. The average Bonchev–Trinajstić information content (AvgIpc) is 3.03. The summed E-state index contributed by atoms with van der Waals surface area (Å²) in [7, 11) is 1.31. The van der Waals surface area contributed by atoms with Crippen LogP contribution in [0.4, 0.5) is 4.79 Å². The molecule has 0 bridgehead atoms. The highest BCUT2D eigenvalue weighted by Gasteiger charge is 2.40. The molecule has 0 unspecified atom stereocenters. The first-order chi connectivity index (χ1) is 11.5. The summed E-state index contributed by atoms with van der Waals surface area (Å²) in [5.41, 5.74) is 0.833. The third-order valence-corrected chi connectivity index (χ3v) is 4.10. The van der Waals surface area contributed by atoms with Gasteiger partial charge in [0.1, 0.15) is 12.6 Å². The second-order valence-corrected chi connectivity index (χ2v) is 5.76. The molecule has 1 fully saturated rings. The molecule has 7 nitrogen and oxygen atoms in total. The predicted molar refractivity (Wildman–Crippen MR) is 84.1 cm³/mol. The van der Waals surface area contributed by atoms with Crippen molar-refractivity contribution in [3.05, 3.63) is 35.9 Å². The zero-order chi connectivity index (χ0) is 17.5. The van der Waals surface area contributed by atoms with E-state index in [9.17, 15) is 19.5 Å². The van der Waals surface area contributed by atoms with Crippen LogP contribution >= 0.6 is 0 Å². The Bertz CT molecular complexity index is 588. The summed E-state index contributed by atoms with van der Waals surface area (Å²) in [6, 6.07) is 8.26. The number of rotatable bonds is 6. The summed E-state index contributed by atoms with van der Waals surface area (Å²) >= 11 is 0. The number of carbonyl (C=O) groups is 3. The van der Waals surface area contributed by atoms with Crippen LogP contribution in [-0.2, 0) is 25.7 Å². The van der Waals surface area contributed by atoms with Gasteiger partial charge in [0.2, 0.25) is 0 Å². The molecule has 2 atom stereocenters. The monoisotopic (exact) mass is 335 g/mol. The molecule has 1 aromatic carbocycles. The molecule has 1 aliphatic heterocycles. The summed E-state index contributed by atoms with van der Waals surface area (Å²) in [6.07, 6.45) is 0.360. The van der Waals surface area contributed by atoms with Crippen molar-refractivity contribution in [3.8, 4) is 0 Å². The summed E-state index contributed by atoms with van der Waals surface area (Å²) in [5, 5.41) is 9.32. The highest BCUT2D eigenvalue weighted by molar-refractivity contribution is 5.80. The van der Waals surface area contributed by atoms with Gasteiger partial charge in [-0.2, -0.15) is 0 Å². The van der Waals surface area contributed by atoms with Crippen LogP contribution in [0.25, 0.3) is 0 Å². The Kier molecular flexibility index (Phi) is 6.17. The summed E-state index contributed by atoms with van der Waals surface area (Å²) in [5.74, 6) is -1.46. The van der Waals surface area contributed by atoms with E-state index in [1.165, 1.54) is 12.0 Å². The van der Waals surface area contributed by atoms with Crippen LogP contribution in [0.5, 0.6) is 0 Å². The Hall–Kier alpha value is -2.57. The number of hydrogen-bond acceptors (Lipinski definition) is 5. The first-order valence-corrected chi connectivity index (χ1v) is 7.78. The summed E-state index contributed by atoms with van der Waals surface area (Å²) in [6.45, 7) is 0.358. The second-order valence-electron chi connectivity index (χ2n) is 5.76. The standard InChI is InChI=1S/C17H21NO6/c1-23-15(19)8-7-13-9-14(16(20)21)18(10-13)17(22)24-11-12-5-3-2-4-6-12/h2-6,13-14H,7-11H2,1H3,(H,20,21)/t13-,14-/m1/s1. The minimum absolute atomic E-state index is 0.0607. The van der Waals surface area contributed by atoms with E-state index >= 15 is 0 Å². The van der Waals surface area contributed by atoms with Crippen molar-refractivity contribution in [2.24, 2.45) is 5.92 Å². The Balaban J connectivity index is 1.92. The molecule has 130 valence electrons. The van der Waals surface area contributed by atoms with Crippen molar-refractivity contribution in [1.82, 2.24) is 4.90 Å². The van der Waals surface area contributed by atoms with Crippen LogP contribution in [0, 0.1) is 5.92 Å². The Morgan fingerprint density at radius 3 is 2.58 bits per heavy atom. The zero-order valence-electron chi connectivity index (χ0n) is 13.5. The Labute approximate surface area is 140 Å². The van der Waals surface area contributed by atoms with Gasteiger partial charge in [0.25, 0.3) is 0 Å². The maximum atomic E-state index is 12.2. The van der Waals surface area contributed by atoms with Crippen LogP contribution in [0.1, 0.15) is 24.8 Å². The van der Waals surface area contributed by atoms with Gasteiger partial charge in [-0.3, -0.25) is 9.69 Å². The Morgan fingerprint density at radius 2 is 1.96 bits per heavy atom. The number of methoxy groups -OCH3 is 1. The van der Waals surface area contributed by atoms with Gasteiger partial charge < -0.3 is 14.6 Å². The summed E-state index contributed by atoms with van der Waals surface area (Å²) < 4.78 is 9.81. The third kappa shape index (κ3) is 4.71. The number of benzene rings is 1. The van der Waals surface area contributed by atoms with Crippen molar-refractivity contribution < 1.29 is 29.0 Å². The first kappa shape index (κ1) is 17.8. The third-order valence-electron chi connectivity index (χ3n) is 4.10. The van der Waals surface area contributed by atoms with E-state index in [0.29, 0.717) is 12.8 Å². The van der Waals surface area contributed by atoms with E-state index in [0.717, 1.165) is 5.56 Å². The maximum Gasteiger partial charge on any atom is 0.410 e. The number of esters is 1. The number of likely N-dealkylation sites (tertiary alicyclic amines) is 1. The summed E-state index contributed by atoms with van der Waals surface area (Å²) in [4.78, 5) is 36.1. The second kappa shape index (κ2) is 8.33. The smallest absolute Gasteiger partial charge is 0.410 e. The van der Waals surface area contributed by atoms with Crippen LogP contribution < -0.4 is 0 Å². The fraction of sp³-hybridized carbons (Fsp3) is 0.471. The normalized spacial score (nSPS) is 19.8. The number of carbonyl (C=O) groups excluding carboxylic acids is 2. The van der Waals surface area contributed by atoms with E-state index in [2.05, 4.69) is 4.74 Å². The highest BCUT2D eigenvalue weighted by atomic mass is 16.6. The minimum atomic E-state index is -1.06. The van der Waals surface area contributed by atoms with Crippen molar-refractivity contribution in [2.45, 2.75) is 31.9 Å². The van der Waals surface area contributed by atoms with E-state index in [1.54, 1.807) is 0 Å². The largest absolute Gasteiger partial charge is 0.480 e. The topological polar surface area (TPSA) is 93.1 Å². The molecule has 1 amide bonds. The molecule has 7 heteroatoms. The molecule has 0 aliphatic carbocycles. The van der Waals surface area contributed by atoms with Crippen molar-refractivity contribution >= 4 is 18.0 Å². The van der Waals surface area contributed by atoms with Crippen LogP contribution in [0.2, 0.25) is 0 Å². The molecular formula is C17H21NO6. The van der Waals surface area contributed by atoms with Gasteiger partial charge in [0, 0.05) is 13.0 Å². The lowest BCUT2D eigenvalue weighted by atomic mass is 10.00. The molecule has 0 aromatic heterocycles. The maximum absolute atomic E-state index is 12.2. The van der Waals surface area contributed by atoms with Crippen molar-refractivity contribution in [2.75, 3.05) is 13.7 Å². The van der Waals surface area contributed by atoms with Gasteiger partial charge in [-0.1, -0.05) is 30.3 Å². The lowest BCUT2D eigenvalue weighted by Gasteiger charge is -2.20. The first-order valence-electron chi connectivity index (χ1n) is 7.78. The molecule has 0 spiro atoms. The van der Waals surface area contributed by atoms with Gasteiger partial charge in [0.05, 0.1) is 7.11 Å². The number of aliphatic carboxylic acids is 1. The number of carboxylic acids is 1. The molecule has 0 radical (unpaired) electrons. The van der Waals surface area contributed by atoms with Gasteiger partial charge in [-0.15, -0.1) is 0 Å². The van der Waals surface area contributed by atoms with E-state index in [4.69, 9.17) is 4.74 Å². The fourth-order valence-electron chi connectivity index (χ4n) is 2.79. The van der Waals surface area contributed by atoms with Gasteiger partial charge >= 0.3 is 18.0 Å². The molecule has 1 N–H and O–H groups in total. The number of carboxylic acid groups (broad SMARTS) is 1. The lowest BCUT2D eigenvalue weighted by Crippen LogP contribution is -2.40. The minimum Gasteiger partial charge on any atom is -0.480 e. The molecule has 1 aromatic rings. The van der Waals surface area contributed by atoms with Gasteiger partial charge in [-0.25, -0.2) is 9.59 Å². The molecule has 24 heavy (non-hydrogen) atoms.